The Bertz CT molecular complexity index is 1310. The molecule has 1 saturated carbocycles. The van der Waals surface area contributed by atoms with Crippen LogP contribution in [0.2, 0.25) is 0 Å². The van der Waals surface area contributed by atoms with Gasteiger partial charge >= 0.3 is 5.51 Å². The fourth-order valence-corrected chi connectivity index (χ4v) is 5.26. The van der Waals surface area contributed by atoms with Gasteiger partial charge in [-0.25, -0.2) is 8.42 Å². The number of rotatable bonds is 5. The smallest absolute Gasteiger partial charge is 0.497 e. The predicted octanol–water partition coefficient (Wildman–Crippen LogP) is 4.35. The van der Waals surface area contributed by atoms with Gasteiger partial charge in [0.15, 0.2) is 0 Å². The molecule has 2 fully saturated rings. The van der Waals surface area contributed by atoms with E-state index in [1.165, 1.54) is 12.1 Å². The molecule has 6 nitrogen and oxygen atoms in total. The van der Waals surface area contributed by atoms with Gasteiger partial charge in [-0.1, -0.05) is 0 Å². The maximum Gasteiger partial charge on any atom is 0.501 e. The highest BCUT2D eigenvalue weighted by Crippen LogP contribution is 2.48. The van der Waals surface area contributed by atoms with Crippen molar-refractivity contribution in [3.8, 4) is 5.75 Å². The molecule has 0 bridgehead atoms. The number of alkyl halides is 3. The minimum absolute atomic E-state index is 0.0266. The molecular formula is C23H22F3N3O3S. The first-order valence-corrected chi connectivity index (χ1v) is 11.9. The first-order chi connectivity index (χ1) is 15.6. The van der Waals surface area contributed by atoms with Crippen molar-refractivity contribution in [3.63, 3.8) is 0 Å². The Morgan fingerprint density at radius 3 is 2.45 bits per heavy atom. The minimum Gasteiger partial charge on any atom is -0.497 e. The first kappa shape index (κ1) is 22.0. The summed E-state index contributed by atoms with van der Waals surface area (Å²) in [7, 11) is -3.73. The maximum absolute atomic E-state index is 12.8. The lowest BCUT2D eigenvalue weighted by Gasteiger charge is -2.23. The lowest BCUT2D eigenvalue weighted by molar-refractivity contribution is -0.0436. The number of hydrogen-bond acceptors (Lipinski definition) is 6. The summed E-state index contributed by atoms with van der Waals surface area (Å²) in [5.41, 5.74) is -2.58. The van der Waals surface area contributed by atoms with Crippen LogP contribution in [0.4, 0.5) is 18.9 Å². The normalized spacial score (nSPS) is 18.2. The number of halogens is 3. The Morgan fingerprint density at radius 1 is 1.09 bits per heavy atom. The largest absolute Gasteiger partial charge is 0.501 e. The van der Waals surface area contributed by atoms with Crippen LogP contribution in [0.25, 0.3) is 10.9 Å². The quantitative estimate of drug-likeness (QED) is 0.545. The standard InChI is InChI=1S/C23H22F3N3O3S/c1-32-18-4-7-20-16(8-11-27-21(20)12-18)13-29-15-28(14-22(29)9-10-22)17-2-5-19(6-3-17)33(30,31)23(24,25)26/h2-8,11-12H,9-10,13-15H2,1H3. The Kier molecular flexibility index (Phi) is 5.06. The van der Waals surface area contributed by atoms with Crippen LogP contribution in [-0.2, 0) is 16.4 Å². The van der Waals surface area contributed by atoms with E-state index in [-0.39, 0.29) is 5.54 Å². The summed E-state index contributed by atoms with van der Waals surface area (Å²) in [6.45, 7) is 2.06. The number of hydrogen-bond donors (Lipinski definition) is 0. The van der Waals surface area contributed by atoms with Crippen molar-refractivity contribution in [3.05, 3.63) is 60.3 Å². The summed E-state index contributed by atoms with van der Waals surface area (Å²) in [4.78, 5) is 8.17. The molecule has 1 aliphatic heterocycles. The first-order valence-electron chi connectivity index (χ1n) is 10.5. The molecule has 0 radical (unpaired) electrons. The van der Waals surface area contributed by atoms with Crippen LogP contribution in [0.3, 0.4) is 0 Å². The average molecular weight is 478 g/mol. The van der Waals surface area contributed by atoms with E-state index in [4.69, 9.17) is 4.74 Å². The molecule has 10 heteroatoms. The average Bonchev–Trinajstić information content (AvgIpc) is 3.48. The molecule has 1 aliphatic carbocycles. The fraction of sp³-hybridized carbons (Fsp3) is 0.348. The van der Waals surface area contributed by atoms with E-state index in [1.54, 1.807) is 13.3 Å². The van der Waals surface area contributed by atoms with Gasteiger partial charge in [0.2, 0.25) is 0 Å². The number of benzene rings is 2. The van der Waals surface area contributed by atoms with Gasteiger partial charge in [-0.05, 0) is 60.9 Å². The van der Waals surface area contributed by atoms with Crippen molar-refractivity contribution in [2.75, 3.05) is 25.2 Å². The van der Waals surface area contributed by atoms with Crippen molar-refractivity contribution in [1.29, 1.82) is 0 Å². The highest BCUT2D eigenvalue weighted by Gasteiger charge is 2.53. The second-order valence-corrected chi connectivity index (χ2v) is 10.5. The Hall–Kier alpha value is -2.85. The van der Waals surface area contributed by atoms with Crippen molar-refractivity contribution in [2.24, 2.45) is 0 Å². The lowest BCUT2D eigenvalue weighted by atomic mass is 10.1. The predicted molar refractivity (Wildman–Crippen MR) is 118 cm³/mol. The van der Waals surface area contributed by atoms with Crippen molar-refractivity contribution in [1.82, 2.24) is 9.88 Å². The third-order valence-electron chi connectivity index (χ3n) is 6.54. The van der Waals surface area contributed by atoms with Gasteiger partial charge in [0.1, 0.15) is 5.75 Å². The molecule has 1 aromatic heterocycles. The summed E-state index contributed by atoms with van der Waals surface area (Å²) in [5.74, 6) is 0.745. The third kappa shape index (κ3) is 3.80. The summed E-state index contributed by atoms with van der Waals surface area (Å²) in [5, 5.41) is 1.05. The monoisotopic (exact) mass is 477 g/mol. The number of nitrogens with zero attached hydrogens (tertiary/aromatic N) is 3. The van der Waals surface area contributed by atoms with E-state index in [0.717, 1.165) is 53.7 Å². The van der Waals surface area contributed by atoms with Gasteiger partial charge in [0, 0.05) is 42.0 Å². The zero-order valence-electron chi connectivity index (χ0n) is 17.8. The summed E-state index contributed by atoms with van der Waals surface area (Å²) >= 11 is 0. The van der Waals surface area contributed by atoms with Crippen LogP contribution >= 0.6 is 0 Å². The number of aromatic nitrogens is 1. The fourth-order valence-electron chi connectivity index (χ4n) is 4.50. The Balaban J connectivity index is 1.37. The molecule has 33 heavy (non-hydrogen) atoms. The number of fused-ring (bicyclic) bond motifs is 1. The van der Waals surface area contributed by atoms with Crippen LogP contribution in [0.5, 0.6) is 5.75 Å². The van der Waals surface area contributed by atoms with Gasteiger partial charge in [-0.2, -0.15) is 13.2 Å². The molecule has 0 N–H and O–H groups in total. The van der Waals surface area contributed by atoms with Crippen molar-refractivity contribution < 1.29 is 26.3 Å². The highest BCUT2D eigenvalue weighted by molar-refractivity contribution is 7.92. The van der Waals surface area contributed by atoms with E-state index in [1.807, 2.05) is 24.3 Å². The number of sulfone groups is 1. The van der Waals surface area contributed by atoms with E-state index < -0.39 is 20.2 Å². The molecule has 2 heterocycles. The van der Waals surface area contributed by atoms with Crippen LogP contribution in [0, 0.1) is 0 Å². The second kappa shape index (κ2) is 7.59. The number of anilines is 1. The number of methoxy groups -OCH3 is 1. The molecule has 1 saturated heterocycles. The molecule has 5 rings (SSSR count). The maximum atomic E-state index is 12.8. The molecule has 174 valence electrons. The van der Waals surface area contributed by atoms with E-state index in [0.29, 0.717) is 18.9 Å². The SMILES string of the molecule is COc1ccc2c(CN3CN(c4ccc(S(=O)(=O)C(F)(F)F)cc4)CC34CC4)ccnc2c1. The van der Waals surface area contributed by atoms with Crippen LogP contribution < -0.4 is 9.64 Å². The van der Waals surface area contributed by atoms with Gasteiger partial charge in [-0.3, -0.25) is 9.88 Å². The Morgan fingerprint density at radius 2 is 1.82 bits per heavy atom. The highest BCUT2D eigenvalue weighted by atomic mass is 32.2. The molecule has 0 unspecified atom stereocenters. The molecule has 0 atom stereocenters. The molecule has 1 spiro atoms. The minimum atomic E-state index is -5.35. The van der Waals surface area contributed by atoms with Crippen LogP contribution in [0.15, 0.2) is 59.6 Å². The number of pyridine rings is 1. The lowest BCUT2D eigenvalue weighted by Crippen LogP contribution is -2.32. The Labute approximate surface area is 189 Å². The zero-order chi connectivity index (χ0) is 23.4. The van der Waals surface area contributed by atoms with Gasteiger partial charge < -0.3 is 9.64 Å². The summed E-state index contributed by atoms with van der Waals surface area (Å²) in [6.07, 6.45) is 3.87. The van der Waals surface area contributed by atoms with Gasteiger partial charge in [-0.15, -0.1) is 0 Å². The number of ether oxygens (including phenoxy) is 1. The second-order valence-electron chi connectivity index (χ2n) is 8.56. The van der Waals surface area contributed by atoms with E-state index in [2.05, 4.69) is 14.8 Å². The molecular weight excluding hydrogens is 455 g/mol. The van der Waals surface area contributed by atoms with Crippen LogP contribution in [-0.4, -0.2) is 49.7 Å². The summed E-state index contributed by atoms with van der Waals surface area (Å²) in [6, 6.07) is 12.8. The van der Waals surface area contributed by atoms with E-state index in [9.17, 15) is 21.6 Å². The molecule has 0 amide bonds. The zero-order valence-corrected chi connectivity index (χ0v) is 18.7. The molecule has 2 aromatic carbocycles. The van der Waals surface area contributed by atoms with Gasteiger partial charge in [0.05, 0.1) is 24.2 Å². The van der Waals surface area contributed by atoms with Crippen molar-refractivity contribution >= 4 is 26.4 Å². The van der Waals surface area contributed by atoms with Crippen LogP contribution in [0.1, 0.15) is 18.4 Å². The van der Waals surface area contributed by atoms with Crippen molar-refractivity contribution in [2.45, 2.75) is 35.3 Å². The molecule has 3 aromatic rings. The topological polar surface area (TPSA) is 62.7 Å². The van der Waals surface area contributed by atoms with Gasteiger partial charge in [0.25, 0.3) is 9.84 Å². The third-order valence-corrected chi connectivity index (χ3v) is 8.05. The summed E-state index contributed by atoms with van der Waals surface area (Å²) < 4.78 is 67.1. The van der Waals surface area contributed by atoms with E-state index >= 15 is 0 Å². The molecule has 2 aliphatic rings.